The maximum Gasteiger partial charge on any atom is 0.326 e. The maximum absolute atomic E-state index is 12.0. The highest BCUT2D eigenvalue weighted by Crippen LogP contribution is 2.20. The third-order valence-electron chi connectivity index (χ3n) is 3.35. The second-order valence-electron chi connectivity index (χ2n) is 4.45. The number of hydrogen-bond donors (Lipinski definition) is 3. The molecule has 1 saturated heterocycles. The van der Waals surface area contributed by atoms with Gasteiger partial charge in [-0.2, -0.15) is 0 Å². The Balaban J connectivity index is 2.18. The second kappa shape index (κ2) is 3.89. The average molecular weight is 234 g/mol. The summed E-state index contributed by atoms with van der Waals surface area (Å²) in [5, 5.41) is 3.32. The zero-order valence-corrected chi connectivity index (χ0v) is 9.49. The summed E-state index contributed by atoms with van der Waals surface area (Å²) in [5.74, 6) is 0.502. The standard InChI is InChI=1S/C11H15N5O/c12-10-9-8(3-5-14-10)16(11(17)15-9)7-2-1-4-13-6-7/h3,5,7,13H,1-2,4,6H2,(H2,12,14)(H,15,17)/p+1. The van der Waals surface area contributed by atoms with E-state index in [1.54, 1.807) is 6.20 Å². The van der Waals surface area contributed by atoms with Gasteiger partial charge in [-0.3, -0.25) is 15.3 Å². The number of nitrogens with zero attached hydrogens (tertiary/aromatic N) is 1. The molecule has 17 heavy (non-hydrogen) atoms. The van der Waals surface area contributed by atoms with Gasteiger partial charge in [0.1, 0.15) is 0 Å². The minimum atomic E-state index is -0.0833. The van der Waals surface area contributed by atoms with Gasteiger partial charge in [-0.15, -0.1) is 0 Å². The number of nitrogen functional groups attached to an aromatic ring is 1. The summed E-state index contributed by atoms with van der Waals surface area (Å²) >= 11 is 0. The lowest BCUT2D eigenvalue weighted by molar-refractivity contribution is -0.358. The van der Waals surface area contributed by atoms with Gasteiger partial charge in [0.05, 0.1) is 17.8 Å². The van der Waals surface area contributed by atoms with Gasteiger partial charge in [-0.05, 0) is 19.4 Å². The van der Waals surface area contributed by atoms with Gasteiger partial charge in [0, 0.05) is 12.6 Å². The van der Waals surface area contributed by atoms with Crippen LogP contribution in [0.25, 0.3) is 11.0 Å². The Morgan fingerprint density at radius 1 is 1.53 bits per heavy atom. The van der Waals surface area contributed by atoms with Crippen molar-refractivity contribution in [1.29, 1.82) is 0 Å². The van der Waals surface area contributed by atoms with Crippen molar-refractivity contribution in [3.63, 3.8) is 0 Å². The lowest BCUT2D eigenvalue weighted by atomic mass is 10.1. The van der Waals surface area contributed by atoms with Crippen LogP contribution in [0.4, 0.5) is 5.82 Å². The Morgan fingerprint density at radius 3 is 3.18 bits per heavy atom. The molecular formula is C11H16N5O+. The molecule has 0 aromatic carbocycles. The number of rotatable bonds is 1. The largest absolute Gasteiger partial charge is 0.326 e. The smallest absolute Gasteiger partial charge is 0.315 e. The number of aromatic amines is 2. The van der Waals surface area contributed by atoms with E-state index in [-0.39, 0.29) is 11.7 Å². The molecule has 1 unspecified atom stereocenters. The molecule has 1 fully saturated rings. The number of imidazole rings is 1. The van der Waals surface area contributed by atoms with Crippen molar-refractivity contribution in [2.75, 3.05) is 18.8 Å². The van der Waals surface area contributed by atoms with Crippen molar-refractivity contribution < 1.29 is 4.98 Å². The van der Waals surface area contributed by atoms with Crippen LogP contribution >= 0.6 is 0 Å². The molecule has 6 nitrogen and oxygen atoms in total. The van der Waals surface area contributed by atoms with E-state index in [4.69, 9.17) is 5.73 Å². The van der Waals surface area contributed by atoms with Gasteiger partial charge >= 0.3 is 5.69 Å². The summed E-state index contributed by atoms with van der Waals surface area (Å²) in [6, 6.07) is 2.10. The third-order valence-corrected chi connectivity index (χ3v) is 3.35. The van der Waals surface area contributed by atoms with Crippen molar-refractivity contribution in [3.05, 3.63) is 22.7 Å². The number of hydrogen-bond acceptors (Lipinski definition) is 3. The summed E-state index contributed by atoms with van der Waals surface area (Å²) in [4.78, 5) is 17.7. The van der Waals surface area contributed by atoms with E-state index in [0.29, 0.717) is 11.3 Å². The first-order valence-electron chi connectivity index (χ1n) is 5.88. The molecular weight excluding hydrogens is 218 g/mol. The number of nitrogens with one attached hydrogen (secondary N) is 3. The highest BCUT2D eigenvalue weighted by atomic mass is 16.1. The van der Waals surface area contributed by atoms with Crippen LogP contribution in [0.2, 0.25) is 0 Å². The molecule has 1 aliphatic rings. The minimum absolute atomic E-state index is 0.0833. The quantitative estimate of drug-likeness (QED) is 0.630. The number of fused-ring (bicyclic) bond motifs is 1. The predicted octanol–water partition coefficient (Wildman–Crippen LogP) is -0.350. The lowest BCUT2D eigenvalue weighted by Gasteiger charge is -2.23. The SMILES string of the molecule is Nc1[nH+]ccc2c1[nH]c(=O)n2C1CCCNC1. The van der Waals surface area contributed by atoms with Gasteiger partial charge in [0.25, 0.3) is 5.82 Å². The fourth-order valence-electron chi connectivity index (χ4n) is 2.53. The van der Waals surface area contributed by atoms with E-state index in [9.17, 15) is 4.79 Å². The molecule has 1 aliphatic heterocycles. The number of piperidine rings is 1. The van der Waals surface area contributed by atoms with Gasteiger partial charge in [0.2, 0.25) is 0 Å². The van der Waals surface area contributed by atoms with E-state index < -0.39 is 0 Å². The van der Waals surface area contributed by atoms with Gasteiger partial charge in [0.15, 0.2) is 5.52 Å². The molecule has 0 bridgehead atoms. The highest BCUT2D eigenvalue weighted by molar-refractivity contribution is 5.82. The topological polar surface area (TPSA) is 90.0 Å². The molecule has 6 heteroatoms. The summed E-state index contributed by atoms with van der Waals surface area (Å²) < 4.78 is 1.81. The Hall–Kier alpha value is -1.82. The Morgan fingerprint density at radius 2 is 2.41 bits per heavy atom. The van der Waals surface area contributed by atoms with E-state index in [1.165, 1.54) is 0 Å². The molecule has 0 amide bonds. The molecule has 0 spiro atoms. The van der Waals surface area contributed by atoms with E-state index >= 15 is 0 Å². The Labute approximate surface area is 97.8 Å². The van der Waals surface area contributed by atoms with Crippen LogP contribution < -0.4 is 21.7 Å². The predicted molar refractivity (Wildman–Crippen MR) is 64.7 cm³/mol. The number of aromatic nitrogens is 3. The van der Waals surface area contributed by atoms with Crippen molar-refractivity contribution >= 4 is 16.9 Å². The first-order valence-corrected chi connectivity index (χ1v) is 5.88. The molecule has 3 rings (SSSR count). The molecule has 2 aromatic heterocycles. The van der Waals surface area contributed by atoms with Crippen LogP contribution in [-0.2, 0) is 0 Å². The van der Waals surface area contributed by atoms with Crippen molar-refractivity contribution in [2.45, 2.75) is 18.9 Å². The average Bonchev–Trinajstić information content (AvgIpc) is 2.68. The van der Waals surface area contributed by atoms with Crippen LogP contribution in [0, 0.1) is 0 Å². The maximum atomic E-state index is 12.0. The first-order chi connectivity index (χ1) is 8.27. The molecule has 5 N–H and O–H groups in total. The van der Waals surface area contributed by atoms with Crippen LogP contribution in [-0.4, -0.2) is 22.6 Å². The van der Waals surface area contributed by atoms with E-state index in [1.807, 2.05) is 10.6 Å². The zero-order chi connectivity index (χ0) is 11.8. The summed E-state index contributed by atoms with van der Waals surface area (Å²) in [7, 11) is 0. The number of H-pyrrole nitrogens is 2. The van der Waals surface area contributed by atoms with Crippen LogP contribution in [0.3, 0.4) is 0 Å². The third kappa shape index (κ3) is 1.61. The fraction of sp³-hybridized carbons (Fsp3) is 0.455. The number of anilines is 1. The Kier molecular flexibility index (Phi) is 2.36. The Bertz CT molecular complexity index is 593. The normalized spacial score (nSPS) is 20.8. The van der Waals surface area contributed by atoms with E-state index in [0.717, 1.165) is 31.4 Å². The van der Waals surface area contributed by atoms with Gasteiger partial charge < -0.3 is 5.32 Å². The van der Waals surface area contributed by atoms with Crippen molar-refractivity contribution in [2.24, 2.45) is 0 Å². The summed E-state index contributed by atoms with van der Waals surface area (Å²) in [5.41, 5.74) is 7.30. The van der Waals surface area contributed by atoms with Crippen LogP contribution in [0.15, 0.2) is 17.1 Å². The van der Waals surface area contributed by atoms with E-state index in [2.05, 4.69) is 15.3 Å². The lowest BCUT2D eigenvalue weighted by Crippen LogP contribution is -2.35. The number of nitrogens with two attached hydrogens (primary N) is 1. The number of pyridine rings is 1. The molecule has 0 aliphatic carbocycles. The zero-order valence-electron chi connectivity index (χ0n) is 9.49. The monoisotopic (exact) mass is 234 g/mol. The van der Waals surface area contributed by atoms with Gasteiger partial charge in [-0.25, -0.2) is 9.78 Å². The van der Waals surface area contributed by atoms with Crippen molar-refractivity contribution in [1.82, 2.24) is 14.9 Å². The molecule has 1 atom stereocenters. The van der Waals surface area contributed by atoms with Crippen LogP contribution in [0.1, 0.15) is 18.9 Å². The van der Waals surface area contributed by atoms with Crippen molar-refractivity contribution in [3.8, 4) is 0 Å². The molecule has 0 radical (unpaired) electrons. The second-order valence-corrected chi connectivity index (χ2v) is 4.45. The first kappa shape index (κ1) is 10.3. The van der Waals surface area contributed by atoms with Crippen LogP contribution in [0.5, 0.6) is 0 Å². The highest BCUT2D eigenvalue weighted by Gasteiger charge is 2.21. The minimum Gasteiger partial charge on any atom is -0.315 e. The molecule has 3 heterocycles. The fourth-order valence-corrected chi connectivity index (χ4v) is 2.53. The molecule has 90 valence electrons. The summed E-state index contributed by atoms with van der Waals surface area (Å²) in [6.45, 7) is 1.87. The van der Waals surface area contributed by atoms with Gasteiger partial charge in [-0.1, -0.05) is 0 Å². The molecule has 0 saturated carbocycles. The molecule has 2 aromatic rings. The summed E-state index contributed by atoms with van der Waals surface area (Å²) in [6.07, 6.45) is 3.88.